The second-order valence-electron chi connectivity index (χ2n) is 4.59. The first-order valence-corrected chi connectivity index (χ1v) is 6.66. The molecule has 0 radical (unpaired) electrons. The van der Waals surface area contributed by atoms with E-state index in [-0.39, 0.29) is 5.78 Å². The molecule has 0 aliphatic rings. The van der Waals surface area contributed by atoms with E-state index >= 15 is 0 Å². The van der Waals surface area contributed by atoms with Gasteiger partial charge in [0, 0.05) is 15.6 Å². The van der Waals surface area contributed by atoms with Gasteiger partial charge in [0.15, 0.2) is 5.78 Å². The van der Waals surface area contributed by atoms with Gasteiger partial charge in [-0.25, -0.2) is 0 Å². The highest BCUT2D eigenvalue weighted by molar-refractivity contribution is 9.10. The van der Waals surface area contributed by atoms with Crippen LogP contribution in [-0.4, -0.2) is 5.78 Å². The molecule has 0 aliphatic carbocycles. The van der Waals surface area contributed by atoms with Crippen LogP contribution in [0.2, 0.25) is 0 Å². The van der Waals surface area contributed by atoms with Gasteiger partial charge in [-0.3, -0.25) is 4.79 Å². The summed E-state index contributed by atoms with van der Waals surface area (Å²) in [6.45, 7) is 6.08. The number of carbonyl (C=O) groups excluding carboxylic acids is 1. The van der Waals surface area contributed by atoms with Gasteiger partial charge >= 0.3 is 0 Å². The molecule has 0 spiro atoms. The average molecular weight is 303 g/mol. The summed E-state index contributed by atoms with van der Waals surface area (Å²) in [5.41, 5.74) is 4.91. The van der Waals surface area contributed by atoms with E-state index in [2.05, 4.69) is 28.9 Å². The third-order valence-corrected chi connectivity index (χ3v) is 3.67. The van der Waals surface area contributed by atoms with E-state index < -0.39 is 0 Å². The van der Waals surface area contributed by atoms with Crippen molar-refractivity contribution in [1.29, 1.82) is 0 Å². The minimum absolute atomic E-state index is 0.0805. The highest BCUT2D eigenvalue weighted by Crippen LogP contribution is 2.20. The number of carbonyl (C=O) groups is 1. The Morgan fingerprint density at radius 2 is 1.61 bits per heavy atom. The third-order valence-electron chi connectivity index (χ3n) is 3.17. The van der Waals surface area contributed by atoms with Crippen LogP contribution in [0.4, 0.5) is 0 Å². The second-order valence-corrected chi connectivity index (χ2v) is 5.51. The van der Waals surface area contributed by atoms with Gasteiger partial charge in [-0.2, -0.15) is 0 Å². The van der Waals surface area contributed by atoms with E-state index in [1.807, 2.05) is 44.2 Å². The van der Waals surface area contributed by atoms with Crippen LogP contribution >= 0.6 is 15.9 Å². The quantitative estimate of drug-likeness (QED) is 0.741. The van der Waals surface area contributed by atoms with E-state index in [1.54, 1.807) is 0 Å². The standard InChI is InChI=1S/C16H15BrO/c1-10-7-12(3)15(8-11(10)2)16(18)13-5-4-6-14(17)9-13/h4-9H,1-3H3. The molecule has 0 saturated heterocycles. The summed E-state index contributed by atoms with van der Waals surface area (Å²) in [6.07, 6.45) is 0. The van der Waals surface area contributed by atoms with Gasteiger partial charge in [0.05, 0.1) is 0 Å². The van der Waals surface area contributed by atoms with Crippen molar-refractivity contribution in [3.8, 4) is 0 Å². The zero-order valence-corrected chi connectivity index (χ0v) is 12.3. The first-order chi connectivity index (χ1) is 8.49. The van der Waals surface area contributed by atoms with E-state index in [4.69, 9.17) is 0 Å². The Hall–Kier alpha value is -1.41. The van der Waals surface area contributed by atoms with Crippen molar-refractivity contribution in [2.24, 2.45) is 0 Å². The lowest BCUT2D eigenvalue weighted by atomic mass is 9.95. The van der Waals surface area contributed by atoms with Gasteiger partial charge in [0.1, 0.15) is 0 Å². The highest BCUT2D eigenvalue weighted by Gasteiger charge is 2.13. The first kappa shape index (κ1) is 13.0. The number of ketones is 1. The van der Waals surface area contributed by atoms with Crippen LogP contribution in [0.25, 0.3) is 0 Å². The molecule has 0 amide bonds. The normalized spacial score (nSPS) is 10.4. The highest BCUT2D eigenvalue weighted by atomic mass is 79.9. The molecule has 0 saturated carbocycles. The summed E-state index contributed by atoms with van der Waals surface area (Å²) in [5.74, 6) is 0.0805. The van der Waals surface area contributed by atoms with E-state index in [1.165, 1.54) is 5.56 Å². The molecule has 0 bridgehead atoms. The summed E-state index contributed by atoms with van der Waals surface area (Å²) in [5, 5.41) is 0. The Kier molecular flexibility index (Phi) is 3.67. The van der Waals surface area contributed by atoms with E-state index in [0.29, 0.717) is 0 Å². The number of aryl methyl sites for hydroxylation is 3. The molecule has 0 aromatic heterocycles. The van der Waals surface area contributed by atoms with Gasteiger partial charge in [0.2, 0.25) is 0 Å². The fraction of sp³-hybridized carbons (Fsp3) is 0.188. The molecule has 0 unspecified atom stereocenters. The van der Waals surface area contributed by atoms with E-state index in [9.17, 15) is 4.79 Å². The predicted molar refractivity (Wildman–Crippen MR) is 78.2 cm³/mol. The van der Waals surface area contributed by atoms with Crippen molar-refractivity contribution in [3.63, 3.8) is 0 Å². The Labute approximate surface area is 116 Å². The molecular weight excluding hydrogens is 288 g/mol. The lowest BCUT2D eigenvalue weighted by molar-refractivity contribution is 0.103. The number of hydrogen-bond donors (Lipinski definition) is 0. The number of halogens is 1. The topological polar surface area (TPSA) is 17.1 Å². The van der Waals surface area contributed by atoms with Crippen LogP contribution in [-0.2, 0) is 0 Å². The first-order valence-electron chi connectivity index (χ1n) is 5.87. The Bertz CT molecular complexity index is 614. The van der Waals surface area contributed by atoms with Crippen molar-refractivity contribution < 1.29 is 4.79 Å². The minimum Gasteiger partial charge on any atom is -0.289 e. The molecule has 2 rings (SSSR count). The zero-order valence-electron chi connectivity index (χ0n) is 10.8. The molecule has 0 heterocycles. The molecule has 0 fully saturated rings. The molecule has 1 nitrogen and oxygen atoms in total. The smallest absolute Gasteiger partial charge is 0.193 e. The van der Waals surface area contributed by atoms with Gasteiger partial charge in [-0.1, -0.05) is 34.1 Å². The number of benzene rings is 2. The van der Waals surface area contributed by atoms with Crippen molar-refractivity contribution in [2.45, 2.75) is 20.8 Å². The lowest BCUT2D eigenvalue weighted by Gasteiger charge is -2.09. The van der Waals surface area contributed by atoms with Gasteiger partial charge in [-0.15, -0.1) is 0 Å². The summed E-state index contributed by atoms with van der Waals surface area (Å²) in [7, 11) is 0. The van der Waals surface area contributed by atoms with Gasteiger partial charge in [-0.05, 0) is 55.7 Å². The summed E-state index contributed by atoms with van der Waals surface area (Å²) >= 11 is 3.40. The van der Waals surface area contributed by atoms with Gasteiger partial charge in [0.25, 0.3) is 0 Å². The largest absolute Gasteiger partial charge is 0.289 e. The SMILES string of the molecule is Cc1cc(C)c(C(=O)c2cccc(Br)c2)cc1C. The van der Waals surface area contributed by atoms with Crippen molar-refractivity contribution in [1.82, 2.24) is 0 Å². The number of rotatable bonds is 2. The van der Waals surface area contributed by atoms with Crippen LogP contribution < -0.4 is 0 Å². The van der Waals surface area contributed by atoms with Crippen molar-refractivity contribution in [3.05, 3.63) is 68.7 Å². The van der Waals surface area contributed by atoms with Crippen LogP contribution in [0, 0.1) is 20.8 Å². The summed E-state index contributed by atoms with van der Waals surface area (Å²) in [4.78, 5) is 12.5. The van der Waals surface area contributed by atoms with Crippen molar-refractivity contribution in [2.75, 3.05) is 0 Å². The molecule has 2 heteroatoms. The Morgan fingerprint density at radius 3 is 2.28 bits per heavy atom. The summed E-state index contributed by atoms with van der Waals surface area (Å²) < 4.78 is 0.926. The van der Waals surface area contributed by atoms with E-state index in [0.717, 1.165) is 26.7 Å². The van der Waals surface area contributed by atoms with Gasteiger partial charge < -0.3 is 0 Å². The fourth-order valence-corrected chi connectivity index (χ4v) is 2.39. The average Bonchev–Trinajstić information content (AvgIpc) is 2.33. The Balaban J connectivity index is 2.49. The van der Waals surface area contributed by atoms with Crippen LogP contribution in [0.5, 0.6) is 0 Å². The van der Waals surface area contributed by atoms with Crippen LogP contribution in [0.1, 0.15) is 32.6 Å². The Morgan fingerprint density at radius 1 is 0.944 bits per heavy atom. The monoisotopic (exact) mass is 302 g/mol. The second kappa shape index (κ2) is 5.07. The van der Waals surface area contributed by atoms with Crippen LogP contribution in [0.3, 0.4) is 0 Å². The maximum absolute atomic E-state index is 12.5. The minimum atomic E-state index is 0.0805. The predicted octanol–water partition coefficient (Wildman–Crippen LogP) is 4.61. The molecule has 0 N–H and O–H groups in total. The molecular formula is C16H15BrO. The molecule has 2 aromatic rings. The third kappa shape index (κ3) is 2.54. The van der Waals surface area contributed by atoms with Crippen LogP contribution in [0.15, 0.2) is 40.9 Å². The summed E-state index contributed by atoms with van der Waals surface area (Å²) in [6, 6.07) is 11.6. The molecule has 0 aliphatic heterocycles. The lowest BCUT2D eigenvalue weighted by Crippen LogP contribution is -2.05. The maximum atomic E-state index is 12.5. The molecule has 92 valence electrons. The molecule has 2 aromatic carbocycles. The molecule has 0 atom stereocenters. The number of hydrogen-bond acceptors (Lipinski definition) is 1. The zero-order chi connectivity index (χ0) is 13.3. The fourth-order valence-electron chi connectivity index (χ4n) is 1.99. The van der Waals surface area contributed by atoms with Crippen molar-refractivity contribution >= 4 is 21.7 Å². The molecule has 18 heavy (non-hydrogen) atoms. The maximum Gasteiger partial charge on any atom is 0.193 e.